The molecule has 25 heavy (non-hydrogen) atoms. The second kappa shape index (κ2) is 6.57. The maximum atomic E-state index is 12.5. The molecule has 0 unspecified atom stereocenters. The summed E-state index contributed by atoms with van der Waals surface area (Å²) in [6.45, 7) is 0. The van der Waals surface area contributed by atoms with E-state index in [0.717, 1.165) is 21.6 Å². The van der Waals surface area contributed by atoms with E-state index in [1.807, 2.05) is 36.4 Å². The molecular weight excluding hydrogens is 334 g/mol. The Bertz CT molecular complexity index is 987. The molecule has 5 nitrogen and oxygen atoms in total. The van der Waals surface area contributed by atoms with Crippen LogP contribution in [0.1, 0.15) is 16.8 Å². The lowest BCUT2D eigenvalue weighted by atomic mass is 10.1. The standard InChI is InChI=1S/C19H15N3O2S/c23-18-7-8-25-17-6-5-13(10-16(17)22-18)19(24)21-14-9-12-3-1-2-4-15(12)20-11-14/h1-6,9-11H,7-8H2,(H,21,24)(H,22,23). The Balaban J connectivity index is 1.59. The van der Waals surface area contributed by atoms with Gasteiger partial charge in [0, 0.05) is 28.0 Å². The minimum Gasteiger partial charge on any atom is -0.325 e. The fourth-order valence-corrected chi connectivity index (χ4v) is 3.64. The van der Waals surface area contributed by atoms with Crippen molar-refractivity contribution in [3.05, 3.63) is 60.3 Å². The number of fused-ring (bicyclic) bond motifs is 2. The van der Waals surface area contributed by atoms with E-state index >= 15 is 0 Å². The van der Waals surface area contributed by atoms with Gasteiger partial charge >= 0.3 is 0 Å². The van der Waals surface area contributed by atoms with E-state index in [-0.39, 0.29) is 11.8 Å². The summed E-state index contributed by atoms with van der Waals surface area (Å²) >= 11 is 1.61. The highest BCUT2D eigenvalue weighted by Gasteiger charge is 2.16. The van der Waals surface area contributed by atoms with Gasteiger partial charge in [-0.05, 0) is 30.3 Å². The lowest BCUT2D eigenvalue weighted by Gasteiger charge is -2.10. The number of amides is 2. The molecule has 0 saturated carbocycles. The third kappa shape index (κ3) is 3.34. The maximum absolute atomic E-state index is 12.5. The molecule has 6 heteroatoms. The molecule has 3 aromatic rings. The number of hydrogen-bond acceptors (Lipinski definition) is 4. The van der Waals surface area contributed by atoms with E-state index in [0.29, 0.717) is 23.4 Å². The molecule has 124 valence electrons. The van der Waals surface area contributed by atoms with E-state index in [1.165, 1.54) is 0 Å². The fraction of sp³-hybridized carbons (Fsp3) is 0.105. The number of nitrogens with zero attached hydrogens (tertiary/aromatic N) is 1. The molecule has 1 aliphatic rings. The van der Waals surface area contributed by atoms with Crippen LogP contribution in [0.25, 0.3) is 10.9 Å². The van der Waals surface area contributed by atoms with Crippen molar-refractivity contribution in [3.8, 4) is 0 Å². The van der Waals surface area contributed by atoms with Gasteiger partial charge in [0.15, 0.2) is 0 Å². The zero-order valence-electron chi connectivity index (χ0n) is 13.3. The van der Waals surface area contributed by atoms with Crippen molar-refractivity contribution in [3.63, 3.8) is 0 Å². The van der Waals surface area contributed by atoms with Crippen LogP contribution in [-0.4, -0.2) is 22.6 Å². The zero-order valence-corrected chi connectivity index (χ0v) is 14.1. The SMILES string of the molecule is O=C1CCSc2ccc(C(=O)Nc3cnc4ccccc4c3)cc2N1. The van der Waals surface area contributed by atoms with Gasteiger partial charge in [0.05, 0.1) is 23.1 Å². The number of pyridine rings is 1. The summed E-state index contributed by atoms with van der Waals surface area (Å²) < 4.78 is 0. The van der Waals surface area contributed by atoms with Crippen LogP contribution < -0.4 is 10.6 Å². The van der Waals surface area contributed by atoms with Crippen LogP contribution in [0.3, 0.4) is 0 Å². The van der Waals surface area contributed by atoms with Crippen LogP contribution in [0.5, 0.6) is 0 Å². The third-order valence-corrected chi connectivity index (χ3v) is 5.03. The largest absolute Gasteiger partial charge is 0.325 e. The molecule has 4 rings (SSSR count). The normalized spacial score (nSPS) is 13.7. The molecule has 0 saturated heterocycles. The summed E-state index contributed by atoms with van der Waals surface area (Å²) in [4.78, 5) is 29.6. The molecule has 1 aliphatic heterocycles. The molecule has 0 spiro atoms. The number of nitrogens with one attached hydrogen (secondary N) is 2. The Morgan fingerprint density at radius 3 is 2.96 bits per heavy atom. The molecular formula is C19H15N3O2S. The van der Waals surface area contributed by atoms with Crippen LogP contribution in [0, 0.1) is 0 Å². The second-order valence-electron chi connectivity index (χ2n) is 5.73. The topological polar surface area (TPSA) is 71.1 Å². The van der Waals surface area contributed by atoms with Crippen molar-refractivity contribution in [1.82, 2.24) is 4.98 Å². The smallest absolute Gasteiger partial charge is 0.255 e. The highest BCUT2D eigenvalue weighted by atomic mass is 32.2. The Labute approximate surface area is 148 Å². The minimum absolute atomic E-state index is 0.0254. The van der Waals surface area contributed by atoms with Gasteiger partial charge in [-0.15, -0.1) is 11.8 Å². The van der Waals surface area contributed by atoms with Crippen molar-refractivity contribution < 1.29 is 9.59 Å². The van der Waals surface area contributed by atoms with Crippen molar-refractivity contribution in [1.29, 1.82) is 0 Å². The molecule has 0 aliphatic carbocycles. The first kappa shape index (κ1) is 15.7. The molecule has 1 aromatic heterocycles. The molecule has 2 heterocycles. The van der Waals surface area contributed by atoms with Gasteiger partial charge in [-0.25, -0.2) is 0 Å². The fourth-order valence-electron chi connectivity index (χ4n) is 2.70. The van der Waals surface area contributed by atoms with E-state index in [9.17, 15) is 9.59 Å². The number of rotatable bonds is 2. The Morgan fingerprint density at radius 2 is 2.04 bits per heavy atom. The second-order valence-corrected chi connectivity index (χ2v) is 6.87. The van der Waals surface area contributed by atoms with Gasteiger partial charge in [0.1, 0.15) is 0 Å². The number of anilines is 2. The van der Waals surface area contributed by atoms with Crippen molar-refractivity contribution >= 4 is 45.9 Å². The predicted molar refractivity (Wildman–Crippen MR) is 100 cm³/mol. The van der Waals surface area contributed by atoms with Crippen LogP contribution in [0.2, 0.25) is 0 Å². The average Bonchev–Trinajstić information content (AvgIpc) is 2.81. The third-order valence-electron chi connectivity index (χ3n) is 3.95. The van der Waals surface area contributed by atoms with Crippen molar-refractivity contribution in [2.45, 2.75) is 11.3 Å². The van der Waals surface area contributed by atoms with Crippen LogP contribution in [0.4, 0.5) is 11.4 Å². The monoisotopic (exact) mass is 349 g/mol. The van der Waals surface area contributed by atoms with Crippen LogP contribution in [-0.2, 0) is 4.79 Å². The Kier molecular flexibility index (Phi) is 4.11. The molecule has 2 amide bonds. The lowest BCUT2D eigenvalue weighted by Crippen LogP contribution is -2.14. The van der Waals surface area contributed by atoms with Gasteiger partial charge < -0.3 is 10.6 Å². The quantitative estimate of drug-likeness (QED) is 0.735. The highest BCUT2D eigenvalue weighted by molar-refractivity contribution is 7.99. The number of para-hydroxylation sites is 1. The van der Waals surface area contributed by atoms with Crippen molar-refractivity contribution in [2.24, 2.45) is 0 Å². The average molecular weight is 349 g/mol. The van der Waals surface area contributed by atoms with Gasteiger partial charge in [-0.2, -0.15) is 0 Å². The molecule has 2 aromatic carbocycles. The zero-order chi connectivity index (χ0) is 17.2. The van der Waals surface area contributed by atoms with Crippen LogP contribution in [0.15, 0.2) is 59.6 Å². The van der Waals surface area contributed by atoms with Gasteiger partial charge in [0.2, 0.25) is 5.91 Å². The van der Waals surface area contributed by atoms with E-state index in [1.54, 1.807) is 30.1 Å². The summed E-state index contributed by atoms with van der Waals surface area (Å²) in [5.41, 5.74) is 2.70. The number of carbonyl (C=O) groups excluding carboxylic acids is 2. The summed E-state index contributed by atoms with van der Waals surface area (Å²) in [6, 6.07) is 15.0. The van der Waals surface area contributed by atoms with Gasteiger partial charge in [-0.3, -0.25) is 14.6 Å². The van der Waals surface area contributed by atoms with Crippen LogP contribution >= 0.6 is 11.8 Å². The molecule has 2 N–H and O–H groups in total. The number of aromatic nitrogens is 1. The summed E-state index contributed by atoms with van der Waals surface area (Å²) in [5.74, 6) is 0.485. The summed E-state index contributed by atoms with van der Waals surface area (Å²) in [5, 5.41) is 6.68. The van der Waals surface area contributed by atoms with Gasteiger partial charge in [-0.1, -0.05) is 18.2 Å². The van der Waals surface area contributed by atoms with E-state index < -0.39 is 0 Å². The minimum atomic E-state index is -0.233. The van der Waals surface area contributed by atoms with E-state index in [2.05, 4.69) is 15.6 Å². The number of benzene rings is 2. The first-order chi connectivity index (χ1) is 12.2. The molecule has 0 atom stereocenters. The summed E-state index contributed by atoms with van der Waals surface area (Å²) in [7, 11) is 0. The first-order valence-corrected chi connectivity index (χ1v) is 8.90. The predicted octanol–water partition coefficient (Wildman–Crippen LogP) is 3.92. The molecule has 0 fully saturated rings. The Morgan fingerprint density at radius 1 is 1.16 bits per heavy atom. The Hall–Kier alpha value is -2.86. The molecule has 0 radical (unpaired) electrons. The first-order valence-electron chi connectivity index (χ1n) is 7.92. The highest BCUT2D eigenvalue weighted by Crippen LogP contribution is 2.31. The number of thioether (sulfide) groups is 1. The van der Waals surface area contributed by atoms with Gasteiger partial charge in [0.25, 0.3) is 5.91 Å². The molecule has 0 bridgehead atoms. The summed E-state index contributed by atoms with van der Waals surface area (Å²) in [6.07, 6.45) is 2.12. The van der Waals surface area contributed by atoms with Crippen molar-refractivity contribution in [2.75, 3.05) is 16.4 Å². The number of hydrogen-bond donors (Lipinski definition) is 2. The lowest BCUT2D eigenvalue weighted by molar-refractivity contribution is -0.115. The van der Waals surface area contributed by atoms with E-state index in [4.69, 9.17) is 0 Å². The maximum Gasteiger partial charge on any atom is 0.255 e. The number of carbonyl (C=O) groups is 2.